The van der Waals surface area contributed by atoms with Gasteiger partial charge in [0.1, 0.15) is 13.2 Å². The number of hydrogen-bond acceptors (Lipinski definition) is 5. The van der Waals surface area contributed by atoms with E-state index in [9.17, 15) is 9.59 Å². The minimum Gasteiger partial charge on any atom is -0.455 e. The van der Waals surface area contributed by atoms with Gasteiger partial charge < -0.3 is 14.2 Å². The molecule has 5 heteroatoms. The molecule has 2 rings (SSSR count). The summed E-state index contributed by atoms with van der Waals surface area (Å²) < 4.78 is 15.7. The highest BCUT2D eigenvalue weighted by Gasteiger charge is 2.31. The van der Waals surface area contributed by atoms with Gasteiger partial charge in [0, 0.05) is 0 Å². The summed E-state index contributed by atoms with van der Waals surface area (Å²) in [6, 6.07) is 9.19. The molecule has 0 radical (unpaired) electrons. The Kier molecular flexibility index (Phi) is 7.64. The van der Waals surface area contributed by atoms with E-state index in [0.717, 1.165) is 12.0 Å². The fourth-order valence-corrected chi connectivity index (χ4v) is 3.50. The van der Waals surface area contributed by atoms with Crippen LogP contribution in [0.25, 0.3) is 0 Å². The first-order chi connectivity index (χ1) is 12.4. The fourth-order valence-electron chi connectivity index (χ4n) is 3.50. The Bertz CT molecular complexity index is 581. The molecule has 0 saturated heterocycles. The predicted octanol–water partition coefficient (Wildman–Crippen LogP) is 3.89. The summed E-state index contributed by atoms with van der Waals surface area (Å²) in [7, 11) is 0. The average Bonchev–Trinajstić information content (AvgIpc) is 2.62. The summed E-state index contributed by atoms with van der Waals surface area (Å²) in [5, 5.41) is 0. The van der Waals surface area contributed by atoms with Crippen LogP contribution >= 0.6 is 0 Å². The first-order valence-corrected chi connectivity index (χ1v) is 9.37. The van der Waals surface area contributed by atoms with Crippen molar-refractivity contribution in [3.05, 3.63) is 35.9 Å². The number of hydrogen-bond donors (Lipinski definition) is 0. The molecule has 1 aliphatic rings. The van der Waals surface area contributed by atoms with Gasteiger partial charge in [-0.3, -0.25) is 0 Å². The molecule has 1 saturated carbocycles. The van der Waals surface area contributed by atoms with Crippen LogP contribution in [0.4, 0.5) is 0 Å². The zero-order chi connectivity index (χ0) is 19.0. The van der Waals surface area contributed by atoms with Gasteiger partial charge in [0.2, 0.25) is 0 Å². The smallest absolute Gasteiger partial charge is 0.417 e. The molecule has 144 valence electrons. The molecule has 2 atom stereocenters. The summed E-state index contributed by atoms with van der Waals surface area (Å²) in [5.41, 5.74) is 1.19. The Morgan fingerprint density at radius 2 is 1.81 bits per heavy atom. The van der Waals surface area contributed by atoms with Gasteiger partial charge in [0.05, 0.1) is 12.7 Å². The molecule has 0 amide bonds. The minimum absolute atomic E-state index is 0.0553. The molecule has 1 aliphatic carbocycles. The van der Waals surface area contributed by atoms with Crippen molar-refractivity contribution in [2.45, 2.75) is 59.2 Å². The van der Waals surface area contributed by atoms with Crippen molar-refractivity contribution in [3.8, 4) is 0 Å². The molecule has 0 spiro atoms. The van der Waals surface area contributed by atoms with Crippen molar-refractivity contribution in [2.75, 3.05) is 13.2 Å². The molecule has 0 heterocycles. The lowest BCUT2D eigenvalue weighted by Crippen LogP contribution is -2.31. The molecule has 0 aromatic heterocycles. The SMILES string of the molecule is CC(OCCOC(=O)C(=O)OCc1ccccc1)C1CCCC(C)(C)C1. The van der Waals surface area contributed by atoms with Crippen molar-refractivity contribution in [1.82, 2.24) is 0 Å². The van der Waals surface area contributed by atoms with Crippen molar-refractivity contribution >= 4 is 11.9 Å². The second-order valence-electron chi connectivity index (χ2n) is 7.79. The van der Waals surface area contributed by atoms with Gasteiger partial charge in [0.25, 0.3) is 0 Å². The zero-order valence-electron chi connectivity index (χ0n) is 16.0. The Hall–Kier alpha value is -1.88. The maximum Gasteiger partial charge on any atom is 0.417 e. The van der Waals surface area contributed by atoms with Gasteiger partial charge in [-0.15, -0.1) is 0 Å². The van der Waals surface area contributed by atoms with Crippen LogP contribution in [0, 0.1) is 11.3 Å². The third-order valence-electron chi connectivity index (χ3n) is 4.98. The molecule has 1 fully saturated rings. The Balaban J connectivity index is 1.61. The van der Waals surface area contributed by atoms with Crippen molar-refractivity contribution < 1.29 is 23.8 Å². The Labute approximate surface area is 156 Å². The topological polar surface area (TPSA) is 61.8 Å². The van der Waals surface area contributed by atoms with E-state index in [-0.39, 0.29) is 25.9 Å². The van der Waals surface area contributed by atoms with Gasteiger partial charge in [-0.05, 0) is 43.1 Å². The number of benzene rings is 1. The van der Waals surface area contributed by atoms with Gasteiger partial charge in [-0.2, -0.15) is 0 Å². The van der Waals surface area contributed by atoms with E-state index in [0.29, 0.717) is 11.3 Å². The minimum atomic E-state index is -0.976. The first kappa shape index (κ1) is 20.4. The highest BCUT2D eigenvalue weighted by molar-refractivity contribution is 6.29. The van der Waals surface area contributed by atoms with Crippen LogP contribution < -0.4 is 0 Å². The molecule has 0 aliphatic heterocycles. The Morgan fingerprint density at radius 1 is 1.12 bits per heavy atom. The zero-order valence-corrected chi connectivity index (χ0v) is 16.0. The lowest BCUT2D eigenvalue weighted by molar-refractivity contribution is -0.169. The first-order valence-electron chi connectivity index (χ1n) is 9.37. The van der Waals surface area contributed by atoms with Crippen LogP contribution in [0.15, 0.2) is 30.3 Å². The molecule has 5 nitrogen and oxygen atoms in total. The summed E-state index contributed by atoms with van der Waals surface area (Å²) in [6.07, 6.45) is 4.95. The average molecular weight is 362 g/mol. The summed E-state index contributed by atoms with van der Waals surface area (Å²) in [6.45, 7) is 7.07. The van der Waals surface area contributed by atoms with E-state index in [1.807, 2.05) is 30.3 Å². The normalized spacial score (nSPS) is 20.2. The molecule has 2 unspecified atom stereocenters. The second-order valence-corrected chi connectivity index (χ2v) is 7.79. The monoisotopic (exact) mass is 362 g/mol. The molecule has 26 heavy (non-hydrogen) atoms. The molecule has 0 N–H and O–H groups in total. The second kappa shape index (κ2) is 9.72. The number of carbonyl (C=O) groups is 2. The third kappa shape index (κ3) is 6.79. The number of rotatable bonds is 7. The highest BCUT2D eigenvalue weighted by atomic mass is 16.6. The van der Waals surface area contributed by atoms with E-state index < -0.39 is 11.9 Å². The van der Waals surface area contributed by atoms with Crippen LogP contribution in [0.5, 0.6) is 0 Å². The van der Waals surface area contributed by atoms with Crippen molar-refractivity contribution in [1.29, 1.82) is 0 Å². The highest BCUT2D eigenvalue weighted by Crippen LogP contribution is 2.40. The molecule has 1 aromatic carbocycles. The van der Waals surface area contributed by atoms with Gasteiger partial charge >= 0.3 is 11.9 Å². The van der Waals surface area contributed by atoms with Crippen LogP contribution in [0.1, 0.15) is 52.0 Å². The van der Waals surface area contributed by atoms with Gasteiger partial charge in [-0.25, -0.2) is 9.59 Å². The fraction of sp³-hybridized carbons (Fsp3) is 0.619. The Morgan fingerprint density at radius 3 is 2.50 bits per heavy atom. The summed E-state index contributed by atoms with van der Waals surface area (Å²) >= 11 is 0. The quantitative estimate of drug-likeness (QED) is 0.418. The van der Waals surface area contributed by atoms with Crippen molar-refractivity contribution in [2.24, 2.45) is 11.3 Å². The third-order valence-corrected chi connectivity index (χ3v) is 4.98. The maximum absolute atomic E-state index is 11.6. The molecule has 1 aromatic rings. The standard InChI is InChI=1S/C21H30O5/c1-16(18-10-7-11-21(2,3)14-18)24-12-13-25-19(22)20(23)26-15-17-8-5-4-6-9-17/h4-6,8-9,16,18H,7,10-15H2,1-3H3. The van der Waals surface area contributed by atoms with Gasteiger partial charge in [-0.1, -0.05) is 50.6 Å². The van der Waals surface area contributed by atoms with E-state index in [2.05, 4.69) is 20.8 Å². The van der Waals surface area contributed by atoms with Crippen LogP contribution in [-0.4, -0.2) is 31.3 Å². The molecular weight excluding hydrogens is 332 g/mol. The van der Waals surface area contributed by atoms with Crippen molar-refractivity contribution in [3.63, 3.8) is 0 Å². The lowest BCUT2D eigenvalue weighted by Gasteiger charge is -2.37. The van der Waals surface area contributed by atoms with Gasteiger partial charge in [0.15, 0.2) is 0 Å². The van der Waals surface area contributed by atoms with Crippen LogP contribution in [0.2, 0.25) is 0 Å². The van der Waals surface area contributed by atoms with E-state index in [4.69, 9.17) is 14.2 Å². The van der Waals surface area contributed by atoms with E-state index >= 15 is 0 Å². The molecule has 0 bridgehead atoms. The molecular formula is C21H30O5. The summed E-state index contributed by atoms with van der Waals surface area (Å²) in [5.74, 6) is -1.42. The largest absolute Gasteiger partial charge is 0.455 e. The summed E-state index contributed by atoms with van der Waals surface area (Å²) in [4.78, 5) is 23.3. The number of ether oxygens (including phenoxy) is 3. The lowest BCUT2D eigenvalue weighted by atomic mass is 9.71. The number of carbonyl (C=O) groups excluding carboxylic acids is 2. The van der Waals surface area contributed by atoms with E-state index in [1.54, 1.807) is 0 Å². The van der Waals surface area contributed by atoms with E-state index in [1.165, 1.54) is 19.3 Å². The predicted molar refractivity (Wildman–Crippen MR) is 98.4 cm³/mol. The maximum atomic E-state index is 11.6. The van der Waals surface area contributed by atoms with Crippen LogP contribution in [-0.2, 0) is 30.4 Å². The van der Waals surface area contributed by atoms with Crippen LogP contribution in [0.3, 0.4) is 0 Å². The number of esters is 2.